The number of aryl methyl sites for hydroxylation is 4. The first kappa shape index (κ1) is 10.7. The Bertz CT molecular complexity index is 570. The van der Waals surface area contributed by atoms with Gasteiger partial charge in [-0.3, -0.25) is 0 Å². The molecule has 1 heterocycles. The molecule has 16 heavy (non-hydrogen) atoms. The summed E-state index contributed by atoms with van der Waals surface area (Å²) in [7, 11) is 0. The Morgan fingerprint density at radius 1 is 1.12 bits per heavy atom. The number of hydrogen-bond acceptors (Lipinski definition) is 2. The van der Waals surface area contributed by atoms with Crippen molar-refractivity contribution in [1.29, 1.82) is 0 Å². The van der Waals surface area contributed by atoms with E-state index >= 15 is 0 Å². The highest BCUT2D eigenvalue weighted by Crippen LogP contribution is 2.20. The van der Waals surface area contributed by atoms with E-state index in [0.29, 0.717) is 5.82 Å². The molecule has 4 heteroatoms. The predicted molar refractivity (Wildman–Crippen MR) is 63.1 cm³/mol. The molecular weight excluding hydrogens is 202 g/mol. The van der Waals surface area contributed by atoms with Gasteiger partial charge in [-0.05, 0) is 38.8 Å². The molecule has 84 valence electrons. The second kappa shape index (κ2) is 3.63. The zero-order valence-electron chi connectivity index (χ0n) is 9.96. The van der Waals surface area contributed by atoms with Crippen LogP contribution in [0.25, 0.3) is 5.69 Å². The molecule has 0 aliphatic rings. The van der Waals surface area contributed by atoms with E-state index in [2.05, 4.69) is 29.1 Å². The van der Waals surface area contributed by atoms with E-state index in [1.165, 1.54) is 5.56 Å². The number of hydrogen-bond donors (Lipinski definition) is 1. The molecule has 0 aliphatic heterocycles. The number of rotatable bonds is 1. The van der Waals surface area contributed by atoms with Crippen molar-refractivity contribution in [3.05, 3.63) is 45.1 Å². The van der Waals surface area contributed by atoms with Gasteiger partial charge in [0.1, 0.15) is 5.82 Å². The topological polar surface area (TPSA) is 50.7 Å². The van der Waals surface area contributed by atoms with Crippen molar-refractivity contribution >= 4 is 0 Å². The van der Waals surface area contributed by atoms with Crippen LogP contribution in [-0.2, 0) is 0 Å². The highest BCUT2D eigenvalue weighted by atomic mass is 16.1. The highest BCUT2D eigenvalue weighted by molar-refractivity contribution is 5.48. The molecule has 1 aromatic carbocycles. The Balaban J connectivity index is 2.74. The number of H-pyrrole nitrogens is 1. The second-order valence-corrected chi connectivity index (χ2v) is 4.16. The Morgan fingerprint density at radius 2 is 1.69 bits per heavy atom. The van der Waals surface area contributed by atoms with Crippen LogP contribution in [-0.4, -0.2) is 14.8 Å². The Labute approximate surface area is 93.9 Å². The summed E-state index contributed by atoms with van der Waals surface area (Å²) in [5, 5.41) is 2.71. The molecule has 1 N–H and O–H groups in total. The maximum absolute atomic E-state index is 11.2. The van der Waals surface area contributed by atoms with Gasteiger partial charge in [0.15, 0.2) is 0 Å². The zero-order valence-corrected chi connectivity index (χ0v) is 9.96. The van der Waals surface area contributed by atoms with Gasteiger partial charge in [-0.25, -0.2) is 14.6 Å². The van der Waals surface area contributed by atoms with Crippen LogP contribution in [0.1, 0.15) is 22.5 Å². The van der Waals surface area contributed by atoms with Crippen molar-refractivity contribution in [3.8, 4) is 5.69 Å². The quantitative estimate of drug-likeness (QED) is 0.791. The fourth-order valence-corrected chi connectivity index (χ4v) is 2.14. The van der Waals surface area contributed by atoms with Crippen LogP contribution in [0.5, 0.6) is 0 Å². The minimum atomic E-state index is -0.308. The van der Waals surface area contributed by atoms with Crippen molar-refractivity contribution < 1.29 is 0 Å². The third kappa shape index (κ3) is 1.66. The summed E-state index contributed by atoms with van der Waals surface area (Å²) in [6, 6.07) is 4.19. The lowest BCUT2D eigenvalue weighted by Gasteiger charge is -2.12. The van der Waals surface area contributed by atoms with E-state index in [0.717, 1.165) is 16.8 Å². The van der Waals surface area contributed by atoms with Crippen LogP contribution in [0.2, 0.25) is 0 Å². The number of aromatic amines is 1. The number of nitrogens with zero attached hydrogens (tertiary/aromatic N) is 2. The van der Waals surface area contributed by atoms with E-state index in [-0.39, 0.29) is 5.69 Å². The van der Waals surface area contributed by atoms with E-state index < -0.39 is 0 Å². The van der Waals surface area contributed by atoms with Crippen LogP contribution in [0.4, 0.5) is 0 Å². The van der Waals surface area contributed by atoms with Crippen LogP contribution in [0.15, 0.2) is 16.9 Å². The zero-order chi connectivity index (χ0) is 11.9. The van der Waals surface area contributed by atoms with Gasteiger partial charge >= 0.3 is 5.69 Å². The van der Waals surface area contributed by atoms with Crippen LogP contribution in [0, 0.1) is 27.7 Å². The van der Waals surface area contributed by atoms with E-state index in [1.54, 1.807) is 4.68 Å². The average Bonchev–Trinajstić information content (AvgIpc) is 2.43. The minimum absolute atomic E-state index is 0.308. The lowest BCUT2D eigenvalue weighted by atomic mass is 10.1. The van der Waals surface area contributed by atoms with Gasteiger partial charge in [-0.15, -0.1) is 0 Å². The standard InChI is InChI=1S/C12H15N3O/c1-7-5-8(2)11(9(3)6-7)15-10(4)13-12(16)14-15/h5-6H,1-4H3,(H,14,16). The third-order valence-corrected chi connectivity index (χ3v) is 2.65. The average molecular weight is 217 g/mol. The maximum Gasteiger partial charge on any atom is 0.361 e. The molecule has 4 nitrogen and oxygen atoms in total. The Hall–Kier alpha value is -1.84. The summed E-state index contributed by atoms with van der Waals surface area (Å²) in [6.07, 6.45) is 0. The summed E-state index contributed by atoms with van der Waals surface area (Å²) in [4.78, 5) is 15.0. The fraction of sp³-hybridized carbons (Fsp3) is 0.333. The van der Waals surface area contributed by atoms with Crippen molar-refractivity contribution in [2.24, 2.45) is 0 Å². The molecule has 0 aliphatic carbocycles. The summed E-state index contributed by atoms with van der Waals surface area (Å²) < 4.78 is 1.74. The third-order valence-electron chi connectivity index (χ3n) is 2.65. The summed E-state index contributed by atoms with van der Waals surface area (Å²) in [6.45, 7) is 7.95. The Morgan fingerprint density at radius 3 is 2.12 bits per heavy atom. The van der Waals surface area contributed by atoms with E-state index in [9.17, 15) is 4.79 Å². The number of aromatic nitrogens is 3. The first-order valence-electron chi connectivity index (χ1n) is 5.23. The molecule has 2 aromatic rings. The van der Waals surface area contributed by atoms with Crippen LogP contribution < -0.4 is 5.69 Å². The summed E-state index contributed by atoms with van der Waals surface area (Å²) in [5.41, 5.74) is 4.19. The van der Waals surface area contributed by atoms with Crippen molar-refractivity contribution in [1.82, 2.24) is 14.8 Å². The molecule has 2 rings (SSSR count). The molecule has 0 radical (unpaired) electrons. The minimum Gasteiger partial charge on any atom is -0.244 e. The number of benzene rings is 1. The normalized spacial score (nSPS) is 10.8. The largest absolute Gasteiger partial charge is 0.361 e. The van der Waals surface area contributed by atoms with Gasteiger partial charge in [0.2, 0.25) is 0 Å². The predicted octanol–water partition coefficient (Wildman–Crippen LogP) is 1.79. The highest BCUT2D eigenvalue weighted by Gasteiger charge is 2.09. The lowest BCUT2D eigenvalue weighted by Crippen LogP contribution is -2.08. The molecule has 0 fully saturated rings. The van der Waals surface area contributed by atoms with Gasteiger partial charge in [-0.2, -0.15) is 4.98 Å². The molecule has 0 amide bonds. The molecule has 0 spiro atoms. The molecule has 0 atom stereocenters. The first-order valence-corrected chi connectivity index (χ1v) is 5.23. The first-order chi connectivity index (χ1) is 7.49. The molecule has 0 saturated heterocycles. The Kier molecular flexibility index (Phi) is 2.42. The molecular formula is C12H15N3O. The molecule has 0 unspecified atom stereocenters. The maximum atomic E-state index is 11.2. The van der Waals surface area contributed by atoms with Crippen molar-refractivity contribution in [2.45, 2.75) is 27.7 Å². The van der Waals surface area contributed by atoms with Crippen molar-refractivity contribution in [3.63, 3.8) is 0 Å². The van der Waals surface area contributed by atoms with Gasteiger partial charge in [-0.1, -0.05) is 17.7 Å². The summed E-state index contributed by atoms with van der Waals surface area (Å²) >= 11 is 0. The van der Waals surface area contributed by atoms with Crippen LogP contribution in [0.3, 0.4) is 0 Å². The number of nitrogens with one attached hydrogen (secondary N) is 1. The van der Waals surface area contributed by atoms with Gasteiger partial charge in [0.05, 0.1) is 5.69 Å². The SMILES string of the molecule is Cc1cc(C)c(-n2[nH]c(=O)nc2C)c(C)c1. The second-order valence-electron chi connectivity index (χ2n) is 4.16. The van der Waals surface area contributed by atoms with Crippen molar-refractivity contribution in [2.75, 3.05) is 0 Å². The molecule has 0 saturated carbocycles. The smallest absolute Gasteiger partial charge is 0.244 e. The monoisotopic (exact) mass is 217 g/mol. The van der Waals surface area contributed by atoms with Gasteiger partial charge in [0.25, 0.3) is 0 Å². The molecule has 0 bridgehead atoms. The molecule has 1 aromatic heterocycles. The fourth-order valence-electron chi connectivity index (χ4n) is 2.14. The van der Waals surface area contributed by atoms with Gasteiger partial charge in [0, 0.05) is 0 Å². The van der Waals surface area contributed by atoms with Crippen LogP contribution >= 0.6 is 0 Å². The van der Waals surface area contributed by atoms with E-state index in [4.69, 9.17) is 0 Å². The van der Waals surface area contributed by atoms with Gasteiger partial charge < -0.3 is 0 Å². The lowest BCUT2D eigenvalue weighted by molar-refractivity contribution is 0.818. The van der Waals surface area contributed by atoms with E-state index in [1.807, 2.05) is 20.8 Å². The summed E-state index contributed by atoms with van der Waals surface area (Å²) in [5.74, 6) is 0.681.